The van der Waals surface area contributed by atoms with E-state index in [1.807, 2.05) is 12.3 Å². The Labute approximate surface area is 102 Å². The highest BCUT2D eigenvalue weighted by Gasteiger charge is 2.21. The van der Waals surface area contributed by atoms with E-state index in [0.717, 1.165) is 13.0 Å². The van der Waals surface area contributed by atoms with Gasteiger partial charge in [0, 0.05) is 24.9 Å². The van der Waals surface area contributed by atoms with Crippen LogP contribution in [-0.2, 0) is 6.42 Å². The van der Waals surface area contributed by atoms with Crippen LogP contribution in [0.3, 0.4) is 0 Å². The maximum absolute atomic E-state index is 4.48. The van der Waals surface area contributed by atoms with Crippen LogP contribution < -0.4 is 5.32 Å². The molecular weight excluding hydrogens is 208 g/mol. The van der Waals surface area contributed by atoms with Gasteiger partial charge in [-0.1, -0.05) is 35.9 Å². The Morgan fingerprint density at radius 2 is 2.18 bits per heavy atom. The van der Waals surface area contributed by atoms with Crippen LogP contribution in [0.2, 0.25) is 0 Å². The van der Waals surface area contributed by atoms with Gasteiger partial charge in [-0.15, -0.1) is 0 Å². The molecule has 0 saturated heterocycles. The van der Waals surface area contributed by atoms with Crippen LogP contribution in [0.5, 0.6) is 0 Å². The molecule has 86 valence electrons. The van der Waals surface area contributed by atoms with Crippen molar-refractivity contribution in [3.63, 3.8) is 0 Å². The minimum absolute atomic E-state index is 0.298. The summed E-state index contributed by atoms with van der Waals surface area (Å²) in [7, 11) is 0. The molecule has 17 heavy (non-hydrogen) atoms. The molecule has 2 aromatic rings. The summed E-state index contributed by atoms with van der Waals surface area (Å²) in [6.07, 6.45) is 2.91. The van der Waals surface area contributed by atoms with Crippen molar-refractivity contribution in [3.8, 4) is 0 Å². The molecule has 0 amide bonds. The van der Waals surface area contributed by atoms with E-state index in [0.29, 0.717) is 6.04 Å². The highest BCUT2D eigenvalue weighted by Crippen LogP contribution is 2.27. The number of fused-ring (bicyclic) bond motifs is 1. The highest BCUT2D eigenvalue weighted by molar-refractivity contribution is 5.37. The largest absolute Gasteiger partial charge is 0.306 e. The lowest BCUT2D eigenvalue weighted by atomic mass is 9.92. The number of hydrogen-bond acceptors (Lipinski definition) is 2. The van der Waals surface area contributed by atoms with Gasteiger partial charge in [-0.25, -0.2) is 0 Å². The van der Waals surface area contributed by atoms with Crippen molar-refractivity contribution in [2.24, 2.45) is 0 Å². The van der Waals surface area contributed by atoms with Gasteiger partial charge in [-0.2, -0.15) is 0 Å². The number of benzene rings is 1. The van der Waals surface area contributed by atoms with Gasteiger partial charge in [0.2, 0.25) is 0 Å². The Bertz CT molecular complexity index is 534. The van der Waals surface area contributed by atoms with Crippen molar-refractivity contribution in [3.05, 3.63) is 65.0 Å². The van der Waals surface area contributed by atoms with Gasteiger partial charge in [-0.3, -0.25) is 4.98 Å². The normalized spacial score (nSPS) is 18.8. The average molecular weight is 224 g/mol. The van der Waals surface area contributed by atoms with Crippen LogP contribution in [0.25, 0.3) is 0 Å². The first-order chi connectivity index (χ1) is 8.34. The number of nitrogens with zero attached hydrogens (tertiary/aromatic N) is 1. The standard InChI is InChI=1S/C15H16N2/c1-11-4-2-5-12(10-11)15-13-6-3-8-16-14(13)7-9-17-15/h2-6,8,10,15,17H,7,9H2,1H3. The summed E-state index contributed by atoms with van der Waals surface area (Å²) >= 11 is 0. The molecule has 1 aromatic carbocycles. The second-order valence-corrected chi connectivity index (χ2v) is 4.59. The van der Waals surface area contributed by atoms with Crippen LogP contribution >= 0.6 is 0 Å². The second-order valence-electron chi connectivity index (χ2n) is 4.59. The van der Waals surface area contributed by atoms with E-state index in [-0.39, 0.29) is 0 Å². The van der Waals surface area contributed by atoms with Crippen molar-refractivity contribution in [2.45, 2.75) is 19.4 Å². The predicted molar refractivity (Wildman–Crippen MR) is 69.0 cm³/mol. The van der Waals surface area contributed by atoms with Crippen LogP contribution in [0.15, 0.2) is 42.6 Å². The average Bonchev–Trinajstić information content (AvgIpc) is 2.38. The fourth-order valence-electron chi connectivity index (χ4n) is 2.51. The van der Waals surface area contributed by atoms with Crippen LogP contribution in [0.1, 0.15) is 28.4 Å². The zero-order chi connectivity index (χ0) is 11.7. The Morgan fingerprint density at radius 3 is 3.06 bits per heavy atom. The SMILES string of the molecule is Cc1cccc(C2NCCc3ncccc32)c1. The Hall–Kier alpha value is -1.67. The molecule has 1 N–H and O–H groups in total. The topological polar surface area (TPSA) is 24.9 Å². The summed E-state index contributed by atoms with van der Waals surface area (Å²) in [5.41, 5.74) is 5.20. The summed E-state index contributed by atoms with van der Waals surface area (Å²) in [5, 5.41) is 3.58. The molecule has 0 fully saturated rings. The van der Waals surface area contributed by atoms with Crippen molar-refractivity contribution in [1.29, 1.82) is 0 Å². The van der Waals surface area contributed by atoms with Crippen molar-refractivity contribution in [2.75, 3.05) is 6.54 Å². The van der Waals surface area contributed by atoms with Gasteiger partial charge in [-0.05, 0) is 24.1 Å². The highest BCUT2D eigenvalue weighted by atomic mass is 14.9. The Kier molecular flexibility index (Phi) is 2.65. The van der Waals surface area contributed by atoms with Crippen LogP contribution in [0.4, 0.5) is 0 Å². The zero-order valence-corrected chi connectivity index (χ0v) is 9.98. The van der Waals surface area contributed by atoms with Crippen LogP contribution in [-0.4, -0.2) is 11.5 Å². The number of rotatable bonds is 1. The monoisotopic (exact) mass is 224 g/mol. The molecule has 2 heteroatoms. The summed E-state index contributed by atoms with van der Waals surface area (Å²) in [5.74, 6) is 0. The van der Waals surface area contributed by atoms with Crippen LogP contribution in [0, 0.1) is 6.92 Å². The quantitative estimate of drug-likeness (QED) is 0.805. The van der Waals surface area contributed by atoms with Gasteiger partial charge in [0.15, 0.2) is 0 Å². The summed E-state index contributed by atoms with van der Waals surface area (Å²) < 4.78 is 0. The lowest BCUT2D eigenvalue weighted by Gasteiger charge is -2.26. The maximum atomic E-state index is 4.48. The fraction of sp³-hybridized carbons (Fsp3) is 0.267. The maximum Gasteiger partial charge on any atom is 0.0595 e. The summed E-state index contributed by atoms with van der Waals surface area (Å²) in [6.45, 7) is 3.14. The lowest BCUT2D eigenvalue weighted by molar-refractivity contribution is 0.558. The first kappa shape index (κ1) is 10.5. The van der Waals surface area contributed by atoms with Gasteiger partial charge < -0.3 is 5.32 Å². The second kappa shape index (κ2) is 4.30. The summed E-state index contributed by atoms with van der Waals surface area (Å²) in [4.78, 5) is 4.48. The molecule has 0 spiro atoms. The molecule has 1 aromatic heterocycles. The fourth-order valence-corrected chi connectivity index (χ4v) is 2.51. The molecule has 0 saturated carbocycles. The van der Waals surface area contributed by atoms with Crippen molar-refractivity contribution in [1.82, 2.24) is 10.3 Å². The third-order valence-corrected chi connectivity index (χ3v) is 3.32. The molecule has 1 atom stereocenters. The molecular formula is C15H16N2. The van der Waals surface area contributed by atoms with Gasteiger partial charge >= 0.3 is 0 Å². The first-order valence-electron chi connectivity index (χ1n) is 6.08. The zero-order valence-electron chi connectivity index (χ0n) is 9.98. The number of pyridine rings is 1. The van der Waals surface area contributed by atoms with Gasteiger partial charge in [0.25, 0.3) is 0 Å². The Balaban J connectivity index is 2.06. The third-order valence-electron chi connectivity index (χ3n) is 3.32. The smallest absolute Gasteiger partial charge is 0.0595 e. The van der Waals surface area contributed by atoms with E-state index in [1.165, 1.54) is 22.4 Å². The number of nitrogens with one attached hydrogen (secondary N) is 1. The molecule has 2 nitrogen and oxygen atoms in total. The minimum atomic E-state index is 0.298. The first-order valence-corrected chi connectivity index (χ1v) is 6.08. The van der Waals surface area contributed by atoms with E-state index in [2.05, 4.69) is 47.6 Å². The minimum Gasteiger partial charge on any atom is -0.306 e. The van der Waals surface area contributed by atoms with E-state index in [4.69, 9.17) is 0 Å². The van der Waals surface area contributed by atoms with E-state index in [9.17, 15) is 0 Å². The van der Waals surface area contributed by atoms with Crippen molar-refractivity contribution < 1.29 is 0 Å². The van der Waals surface area contributed by atoms with E-state index in [1.54, 1.807) is 0 Å². The predicted octanol–water partition coefficient (Wildman–Crippen LogP) is 2.63. The van der Waals surface area contributed by atoms with E-state index >= 15 is 0 Å². The van der Waals surface area contributed by atoms with E-state index < -0.39 is 0 Å². The molecule has 1 unspecified atom stereocenters. The molecule has 0 radical (unpaired) electrons. The molecule has 3 rings (SSSR count). The van der Waals surface area contributed by atoms with Crippen molar-refractivity contribution >= 4 is 0 Å². The van der Waals surface area contributed by atoms with Gasteiger partial charge in [0.1, 0.15) is 0 Å². The summed E-state index contributed by atoms with van der Waals surface area (Å²) in [6, 6.07) is 13.2. The number of aryl methyl sites for hydroxylation is 1. The van der Waals surface area contributed by atoms with Gasteiger partial charge in [0.05, 0.1) is 6.04 Å². The molecule has 1 aliphatic heterocycles. The number of aromatic nitrogens is 1. The Morgan fingerprint density at radius 1 is 1.24 bits per heavy atom. The molecule has 2 heterocycles. The molecule has 0 aliphatic carbocycles. The molecule has 1 aliphatic rings. The molecule has 0 bridgehead atoms. The lowest BCUT2D eigenvalue weighted by Crippen LogP contribution is -2.31. The third kappa shape index (κ3) is 1.96. The number of hydrogen-bond donors (Lipinski definition) is 1.